The molecule has 0 aromatic heterocycles. The molecule has 0 aliphatic rings. The maximum absolute atomic E-state index is 5.15. The Morgan fingerprint density at radius 3 is 2.26 bits per heavy atom. The predicted octanol–water partition coefficient (Wildman–Crippen LogP) is 3.96. The summed E-state index contributed by atoms with van der Waals surface area (Å²) in [6.07, 6.45) is 7.83. The molecule has 1 aromatic rings. The van der Waals surface area contributed by atoms with Crippen molar-refractivity contribution in [1.82, 2.24) is 5.32 Å². The van der Waals surface area contributed by atoms with E-state index in [9.17, 15) is 0 Å². The van der Waals surface area contributed by atoms with Crippen molar-refractivity contribution in [2.75, 3.05) is 13.7 Å². The number of benzene rings is 1. The molecular formula is C17H27NO. The summed E-state index contributed by atoms with van der Waals surface area (Å²) in [5.74, 6) is 0.924. The highest BCUT2D eigenvalue weighted by atomic mass is 16.5. The van der Waals surface area contributed by atoms with E-state index in [4.69, 9.17) is 4.74 Å². The number of methoxy groups -OCH3 is 1. The van der Waals surface area contributed by atoms with Crippen LogP contribution in [0.15, 0.2) is 36.4 Å². The van der Waals surface area contributed by atoms with Crippen LogP contribution in [0.5, 0.6) is 5.75 Å². The second-order valence-corrected chi connectivity index (χ2v) is 5.82. The minimum absolute atomic E-state index is 0.219. The summed E-state index contributed by atoms with van der Waals surface area (Å²) in [5, 5.41) is 3.48. The molecule has 0 unspecified atom stereocenters. The molecule has 1 N–H and O–H groups in total. The Labute approximate surface area is 117 Å². The van der Waals surface area contributed by atoms with Crippen LogP contribution in [0.25, 0.3) is 0 Å². The Balaban J connectivity index is 2.15. The third kappa shape index (κ3) is 7.68. The molecule has 0 spiro atoms. The zero-order valence-corrected chi connectivity index (χ0v) is 12.7. The molecule has 0 saturated carbocycles. The molecule has 0 aliphatic carbocycles. The summed E-state index contributed by atoms with van der Waals surface area (Å²) in [6.45, 7) is 7.63. The Kier molecular flexibility index (Phi) is 6.65. The third-order valence-electron chi connectivity index (χ3n) is 2.89. The minimum atomic E-state index is 0.219. The van der Waals surface area contributed by atoms with E-state index in [0.29, 0.717) is 0 Å². The Bertz CT molecular complexity index is 373. The lowest BCUT2D eigenvalue weighted by molar-refractivity contribution is 0.414. The van der Waals surface area contributed by atoms with Gasteiger partial charge in [-0.05, 0) is 64.3 Å². The van der Waals surface area contributed by atoms with E-state index in [0.717, 1.165) is 31.6 Å². The van der Waals surface area contributed by atoms with Gasteiger partial charge in [0, 0.05) is 5.54 Å². The maximum atomic E-state index is 5.15. The summed E-state index contributed by atoms with van der Waals surface area (Å²) in [7, 11) is 1.70. The quantitative estimate of drug-likeness (QED) is 0.592. The molecule has 19 heavy (non-hydrogen) atoms. The average Bonchev–Trinajstić information content (AvgIpc) is 2.37. The fourth-order valence-corrected chi connectivity index (χ4v) is 1.81. The smallest absolute Gasteiger partial charge is 0.118 e. The van der Waals surface area contributed by atoms with Crippen LogP contribution < -0.4 is 10.1 Å². The monoisotopic (exact) mass is 261 g/mol. The van der Waals surface area contributed by atoms with Crippen molar-refractivity contribution in [3.05, 3.63) is 42.0 Å². The topological polar surface area (TPSA) is 21.3 Å². The molecule has 2 nitrogen and oxygen atoms in total. The molecule has 0 radical (unpaired) electrons. The number of ether oxygens (including phenoxy) is 1. The van der Waals surface area contributed by atoms with Crippen molar-refractivity contribution in [3.8, 4) is 5.75 Å². The van der Waals surface area contributed by atoms with Crippen LogP contribution in [-0.4, -0.2) is 19.2 Å². The number of nitrogens with one attached hydrogen (secondary N) is 1. The van der Waals surface area contributed by atoms with Crippen LogP contribution in [0.4, 0.5) is 0 Å². The summed E-state index contributed by atoms with van der Waals surface area (Å²) in [6, 6.07) is 8.31. The summed E-state index contributed by atoms with van der Waals surface area (Å²) < 4.78 is 5.15. The lowest BCUT2D eigenvalue weighted by Crippen LogP contribution is -2.36. The van der Waals surface area contributed by atoms with Gasteiger partial charge in [-0.25, -0.2) is 0 Å². The van der Waals surface area contributed by atoms with Gasteiger partial charge in [0.05, 0.1) is 7.11 Å². The van der Waals surface area contributed by atoms with Crippen molar-refractivity contribution in [3.63, 3.8) is 0 Å². The fraction of sp³-hybridized carbons (Fsp3) is 0.529. The fourth-order valence-electron chi connectivity index (χ4n) is 1.81. The first kappa shape index (κ1) is 15.8. The summed E-state index contributed by atoms with van der Waals surface area (Å²) in [4.78, 5) is 0. The van der Waals surface area contributed by atoms with Gasteiger partial charge in [-0.1, -0.05) is 24.3 Å². The number of rotatable bonds is 7. The zero-order chi connectivity index (χ0) is 14.1. The molecule has 0 fully saturated rings. The summed E-state index contributed by atoms with van der Waals surface area (Å²) >= 11 is 0. The summed E-state index contributed by atoms with van der Waals surface area (Å²) in [5.41, 5.74) is 1.58. The third-order valence-corrected chi connectivity index (χ3v) is 2.89. The first-order chi connectivity index (χ1) is 9.01. The van der Waals surface area contributed by atoms with Gasteiger partial charge in [-0.15, -0.1) is 0 Å². The SMILES string of the molecule is COc1ccc(CCC=CCCNC(C)(C)C)cc1. The van der Waals surface area contributed by atoms with Crippen LogP contribution in [0.3, 0.4) is 0 Å². The molecule has 1 aromatic carbocycles. The van der Waals surface area contributed by atoms with Crippen LogP contribution >= 0.6 is 0 Å². The normalized spacial score (nSPS) is 12.0. The molecule has 0 atom stereocenters. The number of hydrogen-bond acceptors (Lipinski definition) is 2. The minimum Gasteiger partial charge on any atom is -0.497 e. The van der Waals surface area contributed by atoms with Gasteiger partial charge in [-0.2, -0.15) is 0 Å². The highest BCUT2D eigenvalue weighted by Crippen LogP contribution is 2.12. The molecule has 0 saturated heterocycles. The van der Waals surface area contributed by atoms with Crippen molar-refractivity contribution in [2.24, 2.45) is 0 Å². The van der Waals surface area contributed by atoms with Gasteiger partial charge in [0.25, 0.3) is 0 Å². The van der Waals surface area contributed by atoms with Crippen molar-refractivity contribution in [2.45, 2.75) is 45.6 Å². The van der Waals surface area contributed by atoms with Gasteiger partial charge < -0.3 is 10.1 Å². The van der Waals surface area contributed by atoms with E-state index < -0.39 is 0 Å². The maximum Gasteiger partial charge on any atom is 0.118 e. The average molecular weight is 261 g/mol. The number of hydrogen-bond donors (Lipinski definition) is 1. The molecule has 0 aliphatic heterocycles. The first-order valence-electron chi connectivity index (χ1n) is 7.04. The van der Waals surface area contributed by atoms with Gasteiger partial charge in [-0.3, -0.25) is 0 Å². The van der Waals surface area contributed by atoms with E-state index in [1.165, 1.54) is 5.56 Å². The van der Waals surface area contributed by atoms with E-state index in [2.05, 4.69) is 50.4 Å². The lowest BCUT2D eigenvalue weighted by atomic mass is 10.1. The largest absolute Gasteiger partial charge is 0.497 e. The van der Waals surface area contributed by atoms with E-state index >= 15 is 0 Å². The van der Waals surface area contributed by atoms with Gasteiger partial charge >= 0.3 is 0 Å². The molecule has 0 amide bonds. The van der Waals surface area contributed by atoms with Gasteiger partial charge in [0.15, 0.2) is 0 Å². The van der Waals surface area contributed by atoms with Crippen molar-refractivity contribution in [1.29, 1.82) is 0 Å². The van der Waals surface area contributed by atoms with Crippen LogP contribution in [0, 0.1) is 0 Å². The van der Waals surface area contributed by atoms with Crippen LogP contribution in [0.1, 0.15) is 39.2 Å². The molecule has 1 rings (SSSR count). The standard InChI is InChI=1S/C17H27NO/c1-17(2,3)18-14-8-6-5-7-9-15-10-12-16(19-4)13-11-15/h5-6,10-13,18H,7-9,14H2,1-4H3. The van der Waals surface area contributed by atoms with Crippen molar-refractivity contribution >= 4 is 0 Å². The van der Waals surface area contributed by atoms with E-state index in [1.54, 1.807) is 7.11 Å². The van der Waals surface area contributed by atoms with Crippen LogP contribution in [0.2, 0.25) is 0 Å². The second kappa shape index (κ2) is 8.00. The highest BCUT2D eigenvalue weighted by Gasteiger charge is 2.05. The predicted molar refractivity (Wildman–Crippen MR) is 82.8 cm³/mol. The Hall–Kier alpha value is -1.28. The van der Waals surface area contributed by atoms with E-state index in [1.807, 2.05) is 12.1 Å². The van der Waals surface area contributed by atoms with Gasteiger partial charge in [0.2, 0.25) is 0 Å². The van der Waals surface area contributed by atoms with Crippen molar-refractivity contribution < 1.29 is 4.74 Å². The molecule has 0 heterocycles. The molecular weight excluding hydrogens is 234 g/mol. The Morgan fingerprint density at radius 2 is 1.68 bits per heavy atom. The number of aryl methyl sites for hydroxylation is 1. The second-order valence-electron chi connectivity index (χ2n) is 5.82. The first-order valence-corrected chi connectivity index (χ1v) is 7.04. The molecule has 106 valence electrons. The van der Waals surface area contributed by atoms with Gasteiger partial charge in [0.1, 0.15) is 5.75 Å². The highest BCUT2D eigenvalue weighted by molar-refractivity contribution is 5.27. The zero-order valence-electron chi connectivity index (χ0n) is 12.7. The van der Waals surface area contributed by atoms with E-state index in [-0.39, 0.29) is 5.54 Å². The molecule has 2 heteroatoms. The lowest BCUT2D eigenvalue weighted by Gasteiger charge is -2.19. The Morgan fingerprint density at radius 1 is 1.05 bits per heavy atom. The number of allylic oxidation sites excluding steroid dienone is 1. The molecule has 0 bridgehead atoms. The van der Waals surface area contributed by atoms with Crippen LogP contribution in [-0.2, 0) is 6.42 Å².